The third-order valence-corrected chi connectivity index (χ3v) is 7.06. The quantitative estimate of drug-likeness (QED) is 0.707. The van der Waals surface area contributed by atoms with Crippen LogP contribution in [-0.4, -0.2) is 44.8 Å². The maximum Gasteiger partial charge on any atom is 0.419 e. The zero-order chi connectivity index (χ0) is 21.3. The maximum absolute atomic E-state index is 13.2. The number of rotatable bonds is 0. The van der Waals surface area contributed by atoms with Crippen molar-refractivity contribution in [2.24, 2.45) is 5.41 Å². The van der Waals surface area contributed by atoms with Crippen LogP contribution in [0.4, 0.5) is 4.79 Å². The van der Waals surface area contributed by atoms with Crippen molar-refractivity contribution < 1.29 is 19.4 Å². The number of carbonyl (C=O) groups is 2. The highest BCUT2D eigenvalue weighted by atomic mass is 16.6. The number of para-hydroxylation sites is 1. The van der Waals surface area contributed by atoms with Gasteiger partial charge in [0.2, 0.25) is 5.91 Å². The van der Waals surface area contributed by atoms with Gasteiger partial charge in [-0.15, -0.1) is 0 Å². The highest BCUT2D eigenvalue weighted by Crippen LogP contribution is 2.58. The van der Waals surface area contributed by atoms with Crippen LogP contribution in [0.25, 0.3) is 10.9 Å². The molecular weight excluding hydrogens is 380 g/mol. The SMILES string of the molecule is CC(C)(C)OC(=O)n1c2c(c3ccccc31)[C@H]1N3CCC[C@@]1(CC2)C[C@H](O)CC3=O. The summed E-state index contributed by atoms with van der Waals surface area (Å²) in [6.45, 7) is 6.34. The van der Waals surface area contributed by atoms with Gasteiger partial charge in [0, 0.05) is 23.2 Å². The number of ether oxygens (including phenoxy) is 1. The summed E-state index contributed by atoms with van der Waals surface area (Å²) in [5.74, 6) is 0.0241. The molecule has 1 aliphatic carbocycles. The zero-order valence-electron chi connectivity index (χ0n) is 18.0. The molecule has 160 valence electrons. The van der Waals surface area contributed by atoms with Crippen LogP contribution >= 0.6 is 0 Å². The Labute approximate surface area is 176 Å². The number of aromatic nitrogens is 1. The van der Waals surface area contributed by atoms with Gasteiger partial charge in [0.15, 0.2) is 0 Å². The van der Waals surface area contributed by atoms with Crippen molar-refractivity contribution in [3.8, 4) is 0 Å². The summed E-state index contributed by atoms with van der Waals surface area (Å²) in [7, 11) is 0. The lowest BCUT2D eigenvalue weighted by Crippen LogP contribution is -2.49. The molecule has 3 atom stereocenters. The predicted molar refractivity (Wildman–Crippen MR) is 113 cm³/mol. The topological polar surface area (TPSA) is 71.8 Å². The first-order valence-electron chi connectivity index (χ1n) is 11.0. The number of benzene rings is 1. The highest BCUT2D eigenvalue weighted by molar-refractivity contribution is 5.95. The Morgan fingerprint density at radius 1 is 1.23 bits per heavy atom. The first kappa shape index (κ1) is 19.6. The molecule has 0 unspecified atom stereocenters. The van der Waals surface area contributed by atoms with Crippen molar-refractivity contribution in [3.63, 3.8) is 0 Å². The molecule has 6 nitrogen and oxygen atoms in total. The van der Waals surface area contributed by atoms with Crippen LogP contribution in [0, 0.1) is 5.41 Å². The number of hydrogen-bond donors (Lipinski definition) is 1. The summed E-state index contributed by atoms with van der Waals surface area (Å²) in [4.78, 5) is 28.2. The van der Waals surface area contributed by atoms with Gasteiger partial charge in [0.25, 0.3) is 0 Å². The number of piperidine rings is 1. The Bertz CT molecular complexity index is 1030. The third-order valence-electron chi connectivity index (χ3n) is 7.06. The summed E-state index contributed by atoms with van der Waals surface area (Å²) in [6.07, 6.45) is 3.46. The molecular formula is C24H30N2O4. The molecule has 5 rings (SSSR count). The van der Waals surface area contributed by atoms with E-state index in [-0.39, 0.29) is 29.9 Å². The number of fused-ring (bicyclic) bond motifs is 3. The van der Waals surface area contributed by atoms with Crippen molar-refractivity contribution in [2.45, 2.75) is 77.0 Å². The average Bonchev–Trinajstić information content (AvgIpc) is 2.97. The lowest BCUT2D eigenvalue weighted by atomic mass is 9.62. The molecule has 1 aromatic heterocycles. The largest absolute Gasteiger partial charge is 0.443 e. The lowest BCUT2D eigenvalue weighted by Gasteiger charge is -2.51. The molecule has 1 amide bonds. The molecule has 1 aromatic carbocycles. The summed E-state index contributed by atoms with van der Waals surface area (Å²) >= 11 is 0. The smallest absolute Gasteiger partial charge is 0.419 e. The van der Waals surface area contributed by atoms with Crippen molar-refractivity contribution in [1.29, 1.82) is 0 Å². The average molecular weight is 411 g/mol. The van der Waals surface area contributed by atoms with Crippen molar-refractivity contribution >= 4 is 22.9 Å². The van der Waals surface area contributed by atoms with E-state index >= 15 is 0 Å². The van der Waals surface area contributed by atoms with Crippen molar-refractivity contribution in [1.82, 2.24) is 9.47 Å². The fourth-order valence-corrected chi connectivity index (χ4v) is 6.12. The molecule has 2 aromatic rings. The number of nitrogens with zero attached hydrogens (tertiary/aromatic N) is 2. The van der Waals surface area contributed by atoms with Gasteiger partial charge in [0.1, 0.15) is 5.60 Å². The minimum Gasteiger partial charge on any atom is -0.443 e. The van der Waals surface area contributed by atoms with E-state index in [0.29, 0.717) is 13.0 Å². The molecule has 0 spiro atoms. The van der Waals surface area contributed by atoms with Gasteiger partial charge in [-0.1, -0.05) is 18.2 Å². The van der Waals surface area contributed by atoms with Gasteiger partial charge in [-0.05, 0) is 64.4 Å². The molecule has 3 aliphatic rings. The molecule has 0 radical (unpaired) electrons. The number of aliphatic hydroxyl groups excluding tert-OH is 1. The fraction of sp³-hybridized carbons (Fsp3) is 0.583. The molecule has 1 N–H and O–H groups in total. The first-order valence-corrected chi connectivity index (χ1v) is 11.0. The summed E-state index contributed by atoms with van der Waals surface area (Å²) in [5, 5.41) is 11.6. The van der Waals surface area contributed by atoms with Gasteiger partial charge in [-0.3, -0.25) is 4.79 Å². The van der Waals surface area contributed by atoms with E-state index in [1.54, 1.807) is 4.57 Å². The van der Waals surface area contributed by atoms with E-state index in [1.165, 1.54) is 0 Å². The molecule has 0 saturated carbocycles. The third kappa shape index (κ3) is 2.88. The Morgan fingerprint density at radius 3 is 2.77 bits per heavy atom. The number of amides is 1. The molecule has 2 fully saturated rings. The molecule has 30 heavy (non-hydrogen) atoms. The molecule has 2 saturated heterocycles. The van der Waals surface area contributed by atoms with Crippen LogP contribution in [0.1, 0.15) is 70.2 Å². The normalized spacial score (nSPS) is 28.7. The number of carbonyl (C=O) groups excluding carboxylic acids is 2. The second-order valence-corrected chi connectivity index (χ2v) is 10.2. The van der Waals surface area contributed by atoms with E-state index in [9.17, 15) is 14.7 Å². The van der Waals surface area contributed by atoms with Crippen LogP contribution in [0.15, 0.2) is 24.3 Å². The van der Waals surface area contributed by atoms with Crippen LogP contribution < -0.4 is 0 Å². The number of aliphatic hydroxyl groups is 1. The minimum absolute atomic E-state index is 0.0241. The van der Waals surface area contributed by atoms with E-state index < -0.39 is 11.7 Å². The van der Waals surface area contributed by atoms with Crippen LogP contribution in [0.5, 0.6) is 0 Å². The predicted octanol–water partition coefficient (Wildman–Crippen LogP) is 4.18. The van der Waals surface area contributed by atoms with Gasteiger partial charge in [-0.2, -0.15) is 0 Å². The summed E-state index contributed by atoms with van der Waals surface area (Å²) < 4.78 is 7.48. The Hall–Kier alpha value is -2.34. The molecule has 3 heterocycles. The van der Waals surface area contributed by atoms with E-state index in [4.69, 9.17) is 4.74 Å². The maximum atomic E-state index is 13.2. The second-order valence-electron chi connectivity index (χ2n) is 10.2. The van der Waals surface area contributed by atoms with E-state index in [2.05, 4.69) is 6.07 Å². The van der Waals surface area contributed by atoms with E-state index in [1.807, 2.05) is 43.9 Å². The highest BCUT2D eigenvalue weighted by Gasteiger charge is 2.54. The van der Waals surface area contributed by atoms with Crippen molar-refractivity contribution in [3.05, 3.63) is 35.5 Å². The van der Waals surface area contributed by atoms with Gasteiger partial charge >= 0.3 is 6.09 Å². The van der Waals surface area contributed by atoms with Crippen LogP contribution in [0.2, 0.25) is 0 Å². The molecule has 6 heteroatoms. The summed E-state index contributed by atoms with van der Waals surface area (Å²) in [5.41, 5.74) is 2.17. The molecule has 2 aliphatic heterocycles. The zero-order valence-corrected chi connectivity index (χ0v) is 18.0. The summed E-state index contributed by atoms with van der Waals surface area (Å²) in [6, 6.07) is 7.85. The van der Waals surface area contributed by atoms with Gasteiger partial charge in [-0.25, -0.2) is 9.36 Å². The second kappa shape index (κ2) is 6.58. The standard InChI is InChI=1S/C24H30N2O4/c1-23(2,3)30-22(29)26-17-8-5-4-7-16(17)20-18(26)9-11-24-10-6-12-25(21(20)24)19(28)13-15(27)14-24/h4-5,7-8,15,21,27H,6,9-14H2,1-3H3/t15-,21-,24-/m1/s1. The Balaban J connectivity index is 1.74. The molecule has 2 bridgehead atoms. The lowest BCUT2D eigenvalue weighted by molar-refractivity contribution is -0.138. The van der Waals surface area contributed by atoms with Gasteiger partial charge < -0.3 is 14.7 Å². The fourth-order valence-electron chi connectivity index (χ4n) is 6.12. The number of hydrogen-bond acceptors (Lipinski definition) is 4. The Kier molecular flexibility index (Phi) is 4.30. The van der Waals surface area contributed by atoms with Crippen molar-refractivity contribution in [2.75, 3.05) is 6.54 Å². The first-order chi connectivity index (χ1) is 14.2. The van der Waals surface area contributed by atoms with Crippen LogP contribution in [-0.2, 0) is 16.0 Å². The monoisotopic (exact) mass is 410 g/mol. The van der Waals surface area contributed by atoms with E-state index in [0.717, 1.165) is 47.8 Å². The Morgan fingerprint density at radius 2 is 2.00 bits per heavy atom. The van der Waals surface area contributed by atoms with Crippen LogP contribution in [0.3, 0.4) is 0 Å². The van der Waals surface area contributed by atoms with Gasteiger partial charge in [0.05, 0.1) is 24.1 Å². The minimum atomic E-state index is -0.594.